The molecule has 88 valence electrons. The summed E-state index contributed by atoms with van der Waals surface area (Å²) in [6, 6.07) is 5.25. The second-order valence-corrected chi connectivity index (χ2v) is 4.49. The number of halogens is 3. The first-order valence-corrected chi connectivity index (χ1v) is 5.81. The Kier molecular flexibility index (Phi) is 3.72. The molecule has 6 heteroatoms. The van der Waals surface area contributed by atoms with E-state index in [-0.39, 0.29) is 11.2 Å². The summed E-state index contributed by atoms with van der Waals surface area (Å²) in [4.78, 5) is 7.64. The molecule has 0 amide bonds. The molecule has 0 fully saturated rings. The average molecular weight is 290 g/mol. The first kappa shape index (κ1) is 12.4. The minimum atomic E-state index is 0.0796. The molecule has 0 saturated carbocycles. The molecule has 1 aromatic heterocycles. The number of nitrogens with zero attached hydrogens (tertiary/aromatic N) is 2. The van der Waals surface area contributed by atoms with Gasteiger partial charge in [0.25, 0.3) is 0 Å². The van der Waals surface area contributed by atoms with Crippen LogP contribution in [0.2, 0.25) is 15.3 Å². The maximum atomic E-state index is 5.90. The zero-order valence-electron chi connectivity index (χ0n) is 8.75. The van der Waals surface area contributed by atoms with Crippen LogP contribution in [-0.4, -0.2) is 9.97 Å². The molecule has 0 aliphatic heterocycles. The minimum Gasteiger partial charge on any atom is -0.437 e. The van der Waals surface area contributed by atoms with E-state index in [1.165, 1.54) is 6.20 Å². The summed E-state index contributed by atoms with van der Waals surface area (Å²) < 4.78 is 5.55. The molecule has 0 spiro atoms. The number of ether oxygens (including phenoxy) is 1. The van der Waals surface area contributed by atoms with Crippen LogP contribution in [0, 0.1) is 6.92 Å². The predicted octanol–water partition coefficient (Wildman–Crippen LogP) is 4.54. The quantitative estimate of drug-likeness (QED) is 0.761. The van der Waals surface area contributed by atoms with Crippen molar-refractivity contribution in [2.45, 2.75) is 6.92 Å². The molecular formula is C11H7Cl3N2O. The molecule has 2 aromatic rings. The van der Waals surface area contributed by atoms with E-state index in [4.69, 9.17) is 39.5 Å². The Balaban J connectivity index is 2.34. The van der Waals surface area contributed by atoms with Crippen LogP contribution in [0.4, 0.5) is 0 Å². The number of rotatable bonds is 2. The van der Waals surface area contributed by atoms with Gasteiger partial charge in [-0.25, -0.2) is 4.98 Å². The summed E-state index contributed by atoms with van der Waals surface area (Å²) >= 11 is 17.4. The molecule has 0 atom stereocenters. The highest BCUT2D eigenvalue weighted by atomic mass is 35.5. The van der Waals surface area contributed by atoms with Crippen molar-refractivity contribution in [2.75, 3.05) is 0 Å². The normalized spacial score (nSPS) is 10.4. The Labute approximate surface area is 113 Å². The van der Waals surface area contributed by atoms with Crippen LogP contribution in [-0.2, 0) is 0 Å². The first-order chi connectivity index (χ1) is 8.06. The molecule has 17 heavy (non-hydrogen) atoms. The van der Waals surface area contributed by atoms with Gasteiger partial charge < -0.3 is 4.74 Å². The molecule has 3 nitrogen and oxygen atoms in total. The number of hydrogen-bond acceptors (Lipinski definition) is 3. The van der Waals surface area contributed by atoms with Gasteiger partial charge in [0.1, 0.15) is 10.8 Å². The smallest absolute Gasteiger partial charge is 0.242 e. The fourth-order valence-corrected chi connectivity index (χ4v) is 1.72. The fraction of sp³-hybridized carbons (Fsp3) is 0.0909. The highest BCUT2D eigenvalue weighted by Crippen LogP contribution is 2.30. The molecule has 0 aliphatic rings. The van der Waals surface area contributed by atoms with Gasteiger partial charge in [-0.1, -0.05) is 23.2 Å². The summed E-state index contributed by atoms with van der Waals surface area (Å²) in [6.07, 6.45) is 1.39. The van der Waals surface area contributed by atoms with Crippen molar-refractivity contribution in [2.24, 2.45) is 0 Å². The van der Waals surface area contributed by atoms with E-state index in [1.54, 1.807) is 18.2 Å². The second kappa shape index (κ2) is 5.08. The van der Waals surface area contributed by atoms with Crippen molar-refractivity contribution in [3.8, 4) is 11.6 Å². The third-order valence-electron chi connectivity index (χ3n) is 2.03. The molecule has 0 unspecified atom stereocenters. The van der Waals surface area contributed by atoms with Crippen molar-refractivity contribution in [3.05, 3.63) is 45.3 Å². The summed E-state index contributed by atoms with van der Waals surface area (Å²) in [5.74, 6) is 0.836. The fourth-order valence-electron chi connectivity index (χ4n) is 1.23. The maximum absolute atomic E-state index is 5.90. The topological polar surface area (TPSA) is 35.0 Å². The van der Waals surface area contributed by atoms with Crippen LogP contribution in [0.3, 0.4) is 0 Å². The van der Waals surface area contributed by atoms with Crippen LogP contribution in [0.1, 0.15) is 5.56 Å². The van der Waals surface area contributed by atoms with E-state index in [0.29, 0.717) is 15.8 Å². The van der Waals surface area contributed by atoms with Gasteiger partial charge in [0.05, 0.1) is 6.20 Å². The Morgan fingerprint density at radius 3 is 2.65 bits per heavy atom. The Morgan fingerprint density at radius 1 is 1.18 bits per heavy atom. The second-order valence-electron chi connectivity index (χ2n) is 3.30. The molecule has 0 N–H and O–H groups in total. The number of hydrogen-bond donors (Lipinski definition) is 0. The Bertz CT molecular complexity index is 560. The van der Waals surface area contributed by atoms with Crippen molar-refractivity contribution in [3.63, 3.8) is 0 Å². The van der Waals surface area contributed by atoms with Gasteiger partial charge in [-0.3, -0.25) is 0 Å². The van der Waals surface area contributed by atoms with Crippen LogP contribution < -0.4 is 4.74 Å². The first-order valence-electron chi connectivity index (χ1n) is 4.68. The predicted molar refractivity (Wildman–Crippen MR) is 68.3 cm³/mol. The Morgan fingerprint density at radius 2 is 1.94 bits per heavy atom. The van der Waals surface area contributed by atoms with E-state index in [9.17, 15) is 0 Å². The molecule has 0 saturated heterocycles. The largest absolute Gasteiger partial charge is 0.437 e. The Hall–Kier alpha value is -1.03. The molecule has 1 aromatic carbocycles. The van der Waals surface area contributed by atoms with E-state index in [2.05, 4.69) is 9.97 Å². The molecule has 0 radical (unpaired) electrons. The molecule has 2 rings (SSSR count). The van der Waals surface area contributed by atoms with Crippen LogP contribution in [0.15, 0.2) is 24.4 Å². The number of benzene rings is 1. The van der Waals surface area contributed by atoms with E-state index < -0.39 is 0 Å². The standard InChI is InChI=1S/C11H7Cl3N2O/c1-6-4-7(12)2-3-9(6)17-10-8(13)5-15-11(14)16-10/h2-5H,1H3. The number of aromatic nitrogens is 2. The highest BCUT2D eigenvalue weighted by Gasteiger charge is 2.08. The molecular weight excluding hydrogens is 282 g/mol. The van der Waals surface area contributed by atoms with Crippen LogP contribution in [0.5, 0.6) is 11.6 Å². The molecule has 0 aliphatic carbocycles. The van der Waals surface area contributed by atoms with Gasteiger partial charge in [0.2, 0.25) is 11.2 Å². The van der Waals surface area contributed by atoms with Crippen molar-refractivity contribution in [1.29, 1.82) is 0 Å². The van der Waals surface area contributed by atoms with Gasteiger partial charge in [0.15, 0.2) is 0 Å². The van der Waals surface area contributed by atoms with Crippen molar-refractivity contribution >= 4 is 34.8 Å². The summed E-state index contributed by atoms with van der Waals surface area (Å²) in [5, 5.41) is 1.02. The zero-order valence-corrected chi connectivity index (χ0v) is 11.0. The van der Waals surface area contributed by atoms with Crippen molar-refractivity contribution < 1.29 is 4.74 Å². The van der Waals surface area contributed by atoms with Gasteiger partial charge in [-0.15, -0.1) is 0 Å². The average Bonchev–Trinajstić information content (AvgIpc) is 2.27. The van der Waals surface area contributed by atoms with Crippen molar-refractivity contribution in [1.82, 2.24) is 9.97 Å². The van der Waals surface area contributed by atoms with Crippen LogP contribution in [0.25, 0.3) is 0 Å². The highest BCUT2D eigenvalue weighted by molar-refractivity contribution is 6.32. The minimum absolute atomic E-state index is 0.0796. The summed E-state index contributed by atoms with van der Waals surface area (Å²) in [7, 11) is 0. The lowest BCUT2D eigenvalue weighted by Crippen LogP contribution is -1.93. The molecule has 1 heterocycles. The maximum Gasteiger partial charge on any atom is 0.242 e. The van der Waals surface area contributed by atoms with E-state index in [1.807, 2.05) is 6.92 Å². The van der Waals surface area contributed by atoms with Gasteiger partial charge in [-0.2, -0.15) is 4.98 Å². The summed E-state index contributed by atoms with van der Waals surface area (Å²) in [5.41, 5.74) is 0.878. The van der Waals surface area contributed by atoms with Gasteiger partial charge in [0, 0.05) is 5.02 Å². The lowest BCUT2D eigenvalue weighted by molar-refractivity contribution is 0.458. The monoisotopic (exact) mass is 288 g/mol. The lowest BCUT2D eigenvalue weighted by Gasteiger charge is -2.08. The number of aryl methyl sites for hydroxylation is 1. The third-order valence-corrected chi connectivity index (χ3v) is 2.70. The van der Waals surface area contributed by atoms with Gasteiger partial charge in [-0.05, 0) is 42.3 Å². The summed E-state index contributed by atoms with van der Waals surface area (Å²) in [6.45, 7) is 1.87. The SMILES string of the molecule is Cc1cc(Cl)ccc1Oc1nc(Cl)ncc1Cl. The van der Waals surface area contributed by atoms with E-state index in [0.717, 1.165) is 5.56 Å². The zero-order chi connectivity index (χ0) is 12.4. The van der Waals surface area contributed by atoms with Crippen LogP contribution >= 0.6 is 34.8 Å². The third kappa shape index (κ3) is 3.00. The van der Waals surface area contributed by atoms with E-state index >= 15 is 0 Å². The lowest BCUT2D eigenvalue weighted by atomic mass is 10.2. The molecule has 0 bridgehead atoms. The van der Waals surface area contributed by atoms with Gasteiger partial charge >= 0.3 is 0 Å².